The fraction of sp³-hybridized carbons (Fsp3) is 0.250. The first-order valence-electron chi connectivity index (χ1n) is 6.27. The monoisotopic (exact) mass is 258 g/mol. The van der Waals surface area contributed by atoms with Gasteiger partial charge in [-0.2, -0.15) is 0 Å². The van der Waals surface area contributed by atoms with Crippen molar-refractivity contribution in [2.75, 3.05) is 13.7 Å². The quantitative estimate of drug-likeness (QED) is 0.866. The zero-order valence-corrected chi connectivity index (χ0v) is 11.0. The van der Waals surface area contributed by atoms with Gasteiger partial charge in [0.05, 0.1) is 20.3 Å². The Labute approximate surface area is 113 Å². The molecule has 2 aromatic rings. The van der Waals surface area contributed by atoms with E-state index in [9.17, 15) is 0 Å². The molecule has 0 aliphatic carbocycles. The molecule has 0 aromatic heterocycles. The molecule has 0 fully saturated rings. The van der Waals surface area contributed by atoms with E-state index in [1.54, 1.807) is 7.11 Å². The van der Waals surface area contributed by atoms with E-state index in [1.807, 2.05) is 48.5 Å². The lowest BCUT2D eigenvalue weighted by molar-refractivity contribution is 0.282. The van der Waals surface area contributed by atoms with Crippen LogP contribution < -0.4 is 9.47 Å². The van der Waals surface area contributed by atoms with Gasteiger partial charge in [-0.3, -0.25) is 0 Å². The topological polar surface area (TPSA) is 38.7 Å². The van der Waals surface area contributed by atoms with E-state index in [-0.39, 0.29) is 6.61 Å². The van der Waals surface area contributed by atoms with Crippen molar-refractivity contribution in [1.82, 2.24) is 0 Å². The van der Waals surface area contributed by atoms with Gasteiger partial charge in [-0.05, 0) is 23.3 Å². The Balaban J connectivity index is 1.85. The number of methoxy groups -OCH3 is 1. The average Bonchev–Trinajstić information content (AvgIpc) is 2.48. The maximum atomic E-state index is 8.97. The molecule has 0 saturated carbocycles. The summed E-state index contributed by atoms with van der Waals surface area (Å²) in [5.41, 5.74) is 2.12. The van der Waals surface area contributed by atoms with Crippen molar-refractivity contribution in [3.8, 4) is 11.5 Å². The highest BCUT2D eigenvalue weighted by Gasteiger charge is 1.98. The molecule has 0 amide bonds. The number of hydrogen-bond donors (Lipinski definition) is 1. The Kier molecular flexibility index (Phi) is 4.81. The largest absolute Gasteiger partial charge is 0.497 e. The number of ether oxygens (including phenoxy) is 2. The summed E-state index contributed by atoms with van der Waals surface area (Å²) in [5, 5.41) is 8.97. The summed E-state index contributed by atoms with van der Waals surface area (Å²) < 4.78 is 10.8. The van der Waals surface area contributed by atoms with E-state index in [1.165, 1.54) is 5.56 Å². The van der Waals surface area contributed by atoms with Crippen LogP contribution in [0.1, 0.15) is 11.1 Å². The highest BCUT2D eigenvalue weighted by atomic mass is 16.5. The molecule has 0 atom stereocenters. The first-order valence-corrected chi connectivity index (χ1v) is 6.27. The SMILES string of the molecule is COc1cccc(OCCc2ccc(CO)cc2)c1. The molecule has 0 spiro atoms. The summed E-state index contributed by atoms with van der Waals surface area (Å²) in [6, 6.07) is 15.5. The average molecular weight is 258 g/mol. The zero-order valence-electron chi connectivity index (χ0n) is 11.0. The number of benzene rings is 2. The molecule has 0 unspecified atom stereocenters. The second-order valence-electron chi connectivity index (χ2n) is 4.25. The molecule has 3 heteroatoms. The van der Waals surface area contributed by atoms with Gasteiger partial charge in [-0.15, -0.1) is 0 Å². The van der Waals surface area contributed by atoms with Crippen molar-refractivity contribution < 1.29 is 14.6 Å². The molecule has 100 valence electrons. The fourth-order valence-electron chi connectivity index (χ4n) is 1.79. The molecule has 0 aliphatic heterocycles. The molecule has 0 bridgehead atoms. The minimum Gasteiger partial charge on any atom is -0.497 e. The number of hydrogen-bond acceptors (Lipinski definition) is 3. The normalized spacial score (nSPS) is 10.2. The Hall–Kier alpha value is -2.00. The van der Waals surface area contributed by atoms with E-state index in [4.69, 9.17) is 14.6 Å². The van der Waals surface area contributed by atoms with Gasteiger partial charge in [0, 0.05) is 12.5 Å². The summed E-state index contributed by atoms with van der Waals surface area (Å²) in [5.74, 6) is 1.61. The summed E-state index contributed by atoms with van der Waals surface area (Å²) >= 11 is 0. The molecule has 1 N–H and O–H groups in total. The van der Waals surface area contributed by atoms with Crippen molar-refractivity contribution in [1.29, 1.82) is 0 Å². The summed E-state index contributed by atoms with van der Waals surface area (Å²) in [6.45, 7) is 0.701. The summed E-state index contributed by atoms with van der Waals surface area (Å²) in [4.78, 5) is 0. The molecule has 0 heterocycles. The predicted octanol–water partition coefficient (Wildman–Crippen LogP) is 2.81. The molecule has 3 nitrogen and oxygen atoms in total. The minimum absolute atomic E-state index is 0.0839. The highest BCUT2D eigenvalue weighted by molar-refractivity contribution is 5.32. The second kappa shape index (κ2) is 6.81. The molecule has 0 saturated heterocycles. The minimum atomic E-state index is 0.0839. The van der Waals surface area contributed by atoms with Crippen LogP contribution in [0.25, 0.3) is 0 Å². The third-order valence-corrected chi connectivity index (χ3v) is 2.91. The Morgan fingerprint density at radius 1 is 0.947 bits per heavy atom. The number of aliphatic hydroxyl groups is 1. The van der Waals surface area contributed by atoms with Crippen LogP contribution in [0.5, 0.6) is 11.5 Å². The van der Waals surface area contributed by atoms with Crippen LogP contribution in [0.2, 0.25) is 0 Å². The molecular formula is C16H18O3. The molecule has 2 aromatic carbocycles. The smallest absolute Gasteiger partial charge is 0.122 e. The molecular weight excluding hydrogens is 240 g/mol. The van der Waals surface area contributed by atoms with Gasteiger partial charge in [0.25, 0.3) is 0 Å². The molecule has 0 radical (unpaired) electrons. The predicted molar refractivity (Wildman–Crippen MR) is 74.6 cm³/mol. The Bertz CT molecular complexity index is 506. The molecule has 0 aliphatic rings. The van der Waals surface area contributed by atoms with Crippen LogP contribution in [-0.4, -0.2) is 18.8 Å². The Morgan fingerprint density at radius 2 is 1.63 bits per heavy atom. The third-order valence-electron chi connectivity index (χ3n) is 2.91. The van der Waals surface area contributed by atoms with Gasteiger partial charge in [0.15, 0.2) is 0 Å². The molecule has 2 rings (SSSR count). The molecule has 19 heavy (non-hydrogen) atoms. The Morgan fingerprint density at radius 3 is 2.32 bits per heavy atom. The van der Waals surface area contributed by atoms with E-state index in [2.05, 4.69) is 0 Å². The van der Waals surface area contributed by atoms with E-state index < -0.39 is 0 Å². The van der Waals surface area contributed by atoms with Gasteiger partial charge in [0.1, 0.15) is 11.5 Å². The van der Waals surface area contributed by atoms with Crippen LogP contribution >= 0.6 is 0 Å². The van der Waals surface area contributed by atoms with Crippen molar-refractivity contribution in [3.63, 3.8) is 0 Å². The lowest BCUT2D eigenvalue weighted by Gasteiger charge is -2.08. The highest BCUT2D eigenvalue weighted by Crippen LogP contribution is 2.19. The number of aliphatic hydroxyl groups excluding tert-OH is 1. The van der Waals surface area contributed by atoms with E-state index in [0.29, 0.717) is 6.61 Å². The summed E-state index contributed by atoms with van der Waals surface area (Å²) in [6.07, 6.45) is 0.836. The number of rotatable bonds is 6. The van der Waals surface area contributed by atoms with Crippen LogP contribution in [0.3, 0.4) is 0 Å². The van der Waals surface area contributed by atoms with Crippen LogP contribution in [0.4, 0.5) is 0 Å². The van der Waals surface area contributed by atoms with Gasteiger partial charge in [-0.1, -0.05) is 30.3 Å². The van der Waals surface area contributed by atoms with Gasteiger partial charge in [-0.25, -0.2) is 0 Å². The maximum Gasteiger partial charge on any atom is 0.122 e. The first-order chi connectivity index (χ1) is 9.31. The summed E-state index contributed by atoms with van der Waals surface area (Å²) in [7, 11) is 1.64. The van der Waals surface area contributed by atoms with E-state index in [0.717, 1.165) is 23.5 Å². The van der Waals surface area contributed by atoms with Crippen molar-refractivity contribution >= 4 is 0 Å². The van der Waals surface area contributed by atoms with Crippen molar-refractivity contribution in [2.45, 2.75) is 13.0 Å². The van der Waals surface area contributed by atoms with Crippen LogP contribution in [0, 0.1) is 0 Å². The van der Waals surface area contributed by atoms with Crippen LogP contribution in [-0.2, 0) is 13.0 Å². The van der Waals surface area contributed by atoms with Crippen molar-refractivity contribution in [3.05, 3.63) is 59.7 Å². The van der Waals surface area contributed by atoms with Crippen LogP contribution in [0.15, 0.2) is 48.5 Å². The van der Waals surface area contributed by atoms with Gasteiger partial charge < -0.3 is 14.6 Å². The standard InChI is InChI=1S/C16H18O3/c1-18-15-3-2-4-16(11-15)19-10-9-13-5-7-14(12-17)8-6-13/h2-8,11,17H,9-10,12H2,1H3. The van der Waals surface area contributed by atoms with Gasteiger partial charge in [0.2, 0.25) is 0 Å². The maximum absolute atomic E-state index is 8.97. The zero-order chi connectivity index (χ0) is 13.5. The second-order valence-corrected chi connectivity index (χ2v) is 4.25. The third kappa shape index (κ3) is 4.00. The van der Waals surface area contributed by atoms with Gasteiger partial charge >= 0.3 is 0 Å². The van der Waals surface area contributed by atoms with Crippen molar-refractivity contribution in [2.24, 2.45) is 0 Å². The fourth-order valence-corrected chi connectivity index (χ4v) is 1.79. The first kappa shape index (κ1) is 13.4. The lowest BCUT2D eigenvalue weighted by atomic mass is 10.1. The lowest BCUT2D eigenvalue weighted by Crippen LogP contribution is -2.01. The van der Waals surface area contributed by atoms with E-state index >= 15 is 0 Å².